The van der Waals surface area contributed by atoms with Crippen LogP contribution in [0.5, 0.6) is 5.75 Å². The molecule has 1 fully saturated rings. The monoisotopic (exact) mass is 445 g/mol. The summed E-state index contributed by atoms with van der Waals surface area (Å²) in [5.74, 6) is -3.71. The summed E-state index contributed by atoms with van der Waals surface area (Å²) in [6.07, 6.45) is 4.33. The number of pyridine rings is 1. The van der Waals surface area contributed by atoms with Crippen molar-refractivity contribution < 1.29 is 23.5 Å². The highest BCUT2D eigenvalue weighted by atomic mass is 19.1. The van der Waals surface area contributed by atoms with Crippen molar-refractivity contribution >= 4 is 11.8 Å². The van der Waals surface area contributed by atoms with Gasteiger partial charge < -0.3 is 19.9 Å². The zero-order chi connectivity index (χ0) is 23.2. The third-order valence-corrected chi connectivity index (χ3v) is 6.60. The number of carbonyl (C=O) groups excluding carboxylic acids is 2. The van der Waals surface area contributed by atoms with Crippen LogP contribution in [0.1, 0.15) is 64.6 Å². The van der Waals surface area contributed by atoms with Crippen LogP contribution >= 0.6 is 0 Å². The second-order valence-corrected chi connectivity index (χ2v) is 8.59. The summed E-state index contributed by atoms with van der Waals surface area (Å²) in [7, 11) is 0. The molecule has 2 bridgehead atoms. The maximum Gasteiger partial charge on any atom is 0.274 e. The van der Waals surface area contributed by atoms with Crippen LogP contribution in [0.4, 0.5) is 8.78 Å². The molecule has 7 nitrogen and oxygen atoms in total. The summed E-state index contributed by atoms with van der Waals surface area (Å²) in [5, 5.41) is 13.0. The highest BCUT2D eigenvalue weighted by molar-refractivity contribution is 5.99. The number of hydrogen-bond acceptors (Lipinski definition) is 4. The van der Waals surface area contributed by atoms with Crippen LogP contribution in [-0.4, -0.2) is 39.5 Å². The number of halogens is 2. The average Bonchev–Trinajstić information content (AvgIpc) is 2.94. The number of hydrogen-bond donors (Lipinski definition) is 2. The molecule has 0 spiro atoms. The highest BCUT2D eigenvalue weighted by Gasteiger charge is 2.44. The van der Waals surface area contributed by atoms with E-state index in [0.29, 0.717) is 25.1 Å². The summed E-state index contributed by atoms with van der Waals surface area (Å²) >= 11 is 0. The maximum atomic E-state index is 14.1. The van der Waals surface area contributed by atoms with Gasteiger partial charge in [-0.05, 0) is 50.3 Å². The van der Waals surface area contributed by atoms with Crippen molar-refractivity contribution in [2.75, 3.05) is 13.1 Å². The van der Waals surface area contributed by atoms with E-state index in [-0.39, 0.29) is 16.8 Å². The molecule has 0 aliphatic carbocycles. The second-order valence-electron chi connectivity index (χ2n) is 8.59. The molecule has 0 radical (unpaired) electrons. The van der Waals surface area contributed by atoms with Crippen LogP contribution in [0.3, 0.4) is 0 Å². The Bertz CT molecular complexity index is 1150. The van der Waals surface area contributed by atoms with Gasteiger partial charge in [-0.2, -0.15) is 0 Å². The average molecular weight is 445 g/mol. The molecule has 0 saturated carbocycles. The van der Waals surface area contributed by atoms with E-state index in [4.69, 9.17) is 0 Å². The number of nitrogens with one attached hydrogen (secondary N) is 1. The topological polar surface area (TPSA) is 91.6 Å². The van der Waals surface area contributed by atoms with E-state index in [1.807, 2.05) is 6.92 Å². The minimum absolute atomic E-state index is 0.114. The molecule has 4 rings (SSSR count). The lowest BCUT2D eigenvalue weighted by molar-refractivity contribution is 0.0559. The van der Waals surface area contributed by atoms with Gasteiger partial charge in [-0.15, -0.1) is 0 Å². The molecule has 2 aromatic rings. The molecular weight excluding hydrogens is 420 g/mol. The minimum atomic E-state index is -0.988. The Morgan fingerprint density at radius 2 is 1.91 bits per heavy atom. The molecule has 2 N–H and O–H groups in total. The number of benzene rings is 1. The van der Waals surface area contributed by atoms with E-state index < -0.39 is 46.7 Å². The Morgan fingerprint density at radius 3 is 2.56 bits per heavy atom. The summed E-state index contributed by atoms with van der Waals surface area (Å²) in [4.78, 5) is 40.2. The standard InChI is InChI=1S/C23H25F2N3O4/c1-3-23-6-4-5-7-27(12-23)22(32)18-20(30)19(29)15(11-28(18)23)21(31)26-10-14-16(24)8-13(2)9-17(14)25/h8-9,11,30H,3-7,10,12H2,1-2H3,(H,26,31). The molecule has 1 unspecified atom stereocenters. The smallest absolute Gasteiger partial charge is 0.274 e. The first kappa shape index (κ1) is 22.0. The van der Waals surface area contributed by atoms with Crippen molar-refractivity contribution in [1.82, 2.24) is 14.8 Å². The molecule has 9 heteroatoms. The van der Waals surface area contributed by atoms with E-state index >= 15 is 0 Å². The fourth-order valence-electron chi connectivity index (χ4n) is 4.75. The molecule has 1 atom stereocenters. The van der Waals surface area contributed by atoms with Gasteiger partial charge in [0.15, 0.2) is 11.4 Å². The second kappa shape index (κ2) is 8.03. The first-order chi connectivity index (χ1) is 15.2. The van der Waals surface area contributed by atoms with Crippen molar-refractivity contribution in [3.63, 3.8) is 0 Å². The number of fused-ring (bicyclic) bond motifs is 4. The largest absolute Gasteiger partial charge is 0.503 e. The van der Waals surface area contributed by atoms with Crippen LogP contribution in [0.25, 0.3) is 0 Å². The normalized spacial score (nSPS) is 20.0. The Morgan fingerprint density at radius 1 is 1.22 bits per heavy atom. The molecule has 32 heavy (non-hydrogen) atoms. The van der Waals surface area contributed by atoms with Crippen molar-refractivity contribution in [1.29, 1.82) is 0 Å². The van der Waals surface area contributed by atoms with Crippen molar-refractivity contribution in [2.24, 2.45) is 0 Å². The molecule has 1 aromatic heterocycles. The summed E-state index contributed by atoms with van der Waals surface area (Å²) in [6, 6.07) is 2.30. The van der Waals surface area contributed by atoms with Gasteiger partial charge in [0.25, 0.3) is 11.8 Å². The predicted molar refractivity (Wildman–Crippen MR) is 113 cm³/mol. The van der Waals surface area contributed by atoms with E-state index in [0.717, 1.165) is 31.4 Å². The predicted octanol–water partition coefficient (Wildman–Crippen LogP) is 2.82. The van der Waals surface area contributed by atoms with E-state index in [2.05, 4.69) is 5.32 Å². The number of rotatable bonds is 4. The lowest BCUT2D eigenvalue weighted by atomic mass is 9.87. The van der Waals surface area contributed by atoms with Gasteiger partial charge in [0.1, 0.15) is 17.2 Å². The van der Waals surface area contributed by atoms with Crippen molar-refractivity contribution in [3.05, 3.63) is 62.6 Å². The number of aryl methyl sites for hydroxylation is 1. The number of nitrogens with zero attached hydrogens (tertiary/aromatic N) is 2. The van der Waals surface area contributed by atoms with Gasteiger partial charge in [0, 0.05) is 31.4 Å². The first-order valence-electron chi connectivity index (χ1n) is 10.7. The van der Waals surface area contributed by atoms with Crippen LogP contribution in [0.2, 0.25) is 0 Å². The Hall–Kier alpha value is -3.23. The summed E-state index contributed by atoms with van der Waals surface area (Å²) in [5.41, 5.74) is -1.95. The van der Waals surface area contributed by atoms with Crippen LogP contribution in [0.15, 0.2) is 23.1 Å². The summed E-state index contributed by atoms with van der Waals surface area (Å²) < 4.78 is 29.8. The Labute approximate surface area is 183 Å². The molecule has 2 aliphatic heterocycles. The molecule has 2 aliphatic rings. The van der Waals surface area contributed by atoms with Gasteiger partial charge in [-0.25, -0.2) is 8.78 Å². The number of aromatic hydroxyl groups is 1. The quantitative estimate of drug-likeness (QED) is 0.757. The van der Waals surface area contributed by atoms with Crippen LogP contribution in [0, 0.1) is 18.6 Å². The van der Waals surface area contributed by atoms with Crippen molar-refractivity contribution in [2.45, 2.75) is 51.6 Å². The maximum absolute atomic E-state index is 14.1. The van der Waals surface area contributed by atoms with Crippen molar-refractivity contribution in [3.8, 4) is 5.75 Å². The third-order valence-electron chi connectivity index (χ3n) is 6.60. The third kappa shape index (κ3) is 3.45. The molecule has 3 heterocycles. The number of amides is 2. The minimum Gasteiger partial charge on any atom is -0.503 e. The fourth-order valence-corrected chi connectivity index (χ4v) is 4.75. The van der Waals surface area contributed by atoms with Gasteiger partial charge in [-0.1, -0.05) is 6.92 Å². The molecular formula is C23H25F2N3O4. The zero-order valence-electron chi connectivity index (χ0n) is 18.0. The van der Waals surface area contributed by atoms with Crippen LogP contribution in [-0.2, 0) is 12.1 Å². The SMILES string of the molecule is CCC12CCCCN(C1)C(=O)c1c(O)c(=O)c(C(=O)NCc3c(F)cc(C)cc3F)cn12. The van der Waals surface area contributed by atoms with Gasteiger partial charge in [-0.3, -0.25) is 14.4 Å². The Kier molecular flexibility index (Phi) is 5.52. The number of carbonyl (C=O) groups is 2. The van der Waals surface area contributed by atoms with E-state index in [1.165, 1.54) is 6.20 Å². The molecule has 1 aromatic carbocycles. The lowest BCUT2D eigenvalue weighted by Crippen LogP contribution is -2.53. The summed E-state index contributed by atoms with van der Waals surface area (Å²) in [6.45, 7) is 4.01. The molecule has 2 amide bonds. The molecule has 1 saturated heterocycles. The highest BCUT2D eigenvalue weighted by Crippen LogP contribution is 2.38. The molecule has 170 valence electrons. The fraction of sp³-hybridized carbons (Fsp3) is 0.435. The van der Waals surface area contributed by atoms with Gasteiger partial charge >= 0.3 is 0 Å². The van der Waals surface area contributed by atoms with E-state index in [1.54, 1.807) is 16.4 Å². The lowest BCUT2D eigenvalue weighted by Gasteiger charge is -2.44. The van der Waals surface area contributed by atoms with Gasteiger partial charge in [0.2, 0.25) is 5.43 Å². The van der Waals surface area contributed by atoms with Crippen LogP contribution < -0.4 is 10.7 Å². The number of aromatic nitrogens is 1. The Balaban J connectivity index is 1.73. The first-order valence-corrected chi connectivity index (χ1v) is 10.7. The van der Waals surface area contributed by atoms with Gasteiger partial charge in [0.05, 0.1) is 5.54 Å². The zero-order valence-corrected chi connectivity index (χ0v) is 18.0. The van der Waals surface area contributed by atoms with E-state index in [9.17, 15) is 28.3 Å².